The average molecular weight is 379 g/mol. The molecule has 3 aromatic rings. The molecule has 4 rings (SSSR count). The Hall–Kier alpha value is -2.93. The second-order valence-corrected chi connectivity index (χ2v) is 7.15. The number of amides is 1. The standard InChI is InChI=1S/C21H25N5O2/c1-16-7-5-8-17(15-16)26-20(18-9-6-14-28-18)23-19(24-26)21(27)22-10-13-25-11-3-2-4-12-25/h5-9,14-15H,2-4,10-13H2,1H3,(H,22,27). The van der Waals surface area contributed by atoms with Gasteiger partial charge < -0.3 is 14.6 Å². The molecule has 1 aromatic carbocycles. The van der Waals surface area contributed by atoms with E-state index in [1.54, 1.807) is 17.0 Å². The van der Waals surface area contributed by atoms with E-state index in [9.17, 15) is 4.79 Å². The molecule has 1 amide bonds. The molecule has 2 aromatic heterocycles. The van der Waals surface area contributed by atoms with Crippen LogP contribution in [0.1, 0.15) is 35.4 Å². The lowest BCUT2D eigenvalue weighted by atomic mass is 10.1. The fourth-order valence-electron chi connectivity index (χ4n) is 3.50. The maximum atomic E-state index is 12.6. The van der Waals surface area contributed by atoms with Crippen molar-refractivity contribution in [2.45, 2.75) is 26.2 Å². The molecular weight excluding hydrogens is 354 g/mol. The maximum absolute atomic E-state index is 12.6. The summed E-state index contributed by atoms with van der Waals surface area (Å²) in [4.78, 5) is 19.5. The summed E-state index contributed by atoms with van der Waals surface area (Å²) < 4.78 is 7.16. The predicted molar refractivity (Wildman–Crippen MR) is 106 cm³/mol. The third-order valence-electron chi connectivity index (χ3n) is 4.96. The number of rotatable bonds is 6. The van der Waals surface area contributed by atoms with Crippen LogP contribution in [-0.2, 0) is 0 Å². The lowest BCUT2D eigenvalue weighted by Gasteiger charge is -2.26. The highest BCUT2D eigenvalue weighted by Crippen LogP contribution is 2.22. The molecule has 7 nitrogen and oxygen atoms in total. The summed E-state index contributed by atoms with van der Waals surface area (Å²) >= 11 is 0. The fraction of sp³-hybridized carbons (Fsp3) is 0.381. The highest BCUT2D eigenvalue weighted by Gasteiger charge is 2.20. The minimum atomic E-state index is -0.267. The van der Waals surface area contributed by atoms with Crippen molar-refractivity contribution < 1.29 is 9.21 Å². The minimum Gasteiger partial charge on any atom is -0.461 e. The van der Waals surface area contributed by atoms with Crippen LogP contribution in [0.4, 0.5) is 0 Å². The summed E-state index contributed by atoms with van der Waals surface area (Å²) in [7, 11) is 0. The van der Waals surface area contributed by atoms with Gasteiger partial charge in [0.2, 0.25) is 5.82 Å². The number of aryl methyl sites for hydroxylation is 1. The number of hydrogen-bond donors (Lipinski definition) is 1. The quantitative estimate of drug-likeness (QED) is 0.712. The van der Waals surface area contributed by atoms with Gasteiger partial charge in [0.25, 0.3) is 5.91 Å². The first-order valence-corrected chi connectivity index (χ1v) is 9.79. The van der Waals surface area contributed by atoms with Crippen molar-refractivity contribution in [3.63, 3.8) is 0 Å². The molecule has 1 aliphatic rings. The summed E-state index contributed by atoms with van der Waals surface area (Å²) in [5.74, 6) is 0.959. The molecule has 7 heteroatoms. The zero-order valence-corrected chi connectivity index (χ0v) is 16.1. The molecule has 0 bridgehead atoms. The molecule has 1 N–H and O–H groups in total. The van der Waals surface area contributed by atoms with E-state index >= 15 is 0 Å². The molecule has 0 atom stereocenters. The highest BCUT2D eigenvalue weighted by molar-refractivity contribution is 5.90. The first-order valence-electron chi connectivity index (χ1n) is 9.79. The third kappa shape index (κ3) is 4.14. The molecule has 28 heavy (non-hydrogen) atoms. The average Bonchev–Trinajstić information content (AvgIpc) is 3.38. The predicted octanol–water partition coefficient (Wildman–Crippen LogP) is 3.05. The van der Waals surface area contributed by atoms with Gasteiger partial charge in [-0.1, -0.05) is 18.6 Å². The molecular formula is C21H25N5O2. The van der Waals surface area contributed by atoms with Gasteiger partial charge in [-0.05, 0) is 62.7 Å². The van der Waals surface area contributed by atoms with Crippen LogP contribution in [0, 0.1) is 6.92 Å². The van der Waals surface area contributed by atoms with Crippen LogP contribution in [0.15, 0.2) is 47.1 Å². The minimum absolute atomic E-state index is 0.145. The van der Waals surface area contributed by atoms with Gasteiger partial charge in [-0.2, -0.15) is 4.98 Å². The van der Waals surface area contributed by atoms with Gasteiger partial charge in [-0.15, -0.1) is 5.10 Å². The Bertz CT molecular complexity index is 926. The van der Waals surface area contributed by atoms with E-state index in [0.29, 0.717) is 18.1 Å². The van der Waals surface area contributed by atoms with Crippen LogP contribution in [0.2, 0.25) is 0 Å². The number of aromatic nitrogens is 3. The Morgan fingerprint density at radius 1 is 1.18 bits per heavy atom. The van der Waals surface area contributed by atoms with Gasteiger partial charge in [0.05, 0.1) is 12.0 Å². The zero-order valence-electron chi connectivity index (χ0n) is 16.1. The summed E-state index contributed by atoms with van der Waals surface area (Å²) in [6.07, 6.45) is 5.37. The van der Waals surface area contributed by atoms with Crippen LogP contribution >= 0.6 is 0 Å². The maximum Gasteiger partial charge on any atom is 0.291 e. The van der Waals surface area contributed by atoms with E-state index in [2.05, 4.69) is 20.3 Å². The van der Waals surface area contributed by atoms with Gasteiger partial charge in [0, 0.05) is 13.1 Å². The van der Waals surface area contributed by atoms with E-state index in [0.717, 1.165) is 30.9 Å². The number of furan rings is 1. The summed E-state index contributed by atoms with van der Waals surface area (Å²) in [6.45, 7) is 5.68. The van der Waals surface area contributed by atoms with Crippen LogP contribution < -0.4 is 5.32 Å². The molecule has 0 spiro atoms. The zero-order chi connectivity index (χ0) is 19.3. The van der Waals surface area contributed by atoms with Gasteiger partial charge in [0.1, 0.15) is 0 Å². The Balaban J connectivity index is 1.52. The van der Waals surface area contributed by atoms with Crippen molar-refractivity contribution in [2.75, 3.05) is 26.2 Å². The first-order chi connectivity index (χ1) is 13.7. The molecule has 3 heterocycles. The van der Waals surface area contributed by atoms with Gasteiger partial charge in [0.15, 0.2) is 11.6 Å². The summed E-state index contributed by atoms with van der Waals surface area (Å²) in [5.41, 5.74) is 1.94. The number of likely N-dealkylation sites (tertiary alicyclic amines) is 1. The second-order valence-electron chi connectivity index (χ2n) is 7.15. The normalized spacial score (nSPS) is 14.9. The van der Waals surface area contributed by atoms with Crippen molar-refractivity contribution in [3.8, 4) is 17.3 Å². The SMILES string of the molecule is Cc1cccc(-n2nc(C(=O)NCCN3CCCCC3)nc2-c2ccco2)c1. The van der Waals surface area contributed by atoms with E-state index in [4.69, 9.17) is 4.42 Å². The van der Waals surface area contributed by atoms with Crippen LogP contribution in [0.3, 0.4) is 0 Å². The van der Waals surface area contributed by atoms with Crippen molar-refractivity contribution in [1.29, 1.82) is 0 Å². The third-order valence-corrected chi connectivity index (χ3v) is 4.96. The van der Waals surface area contributed by atoms with Crippen molar-refractivity contribution in [2.24, 2.45) is 0 Å². The van der Waals surface area contributed by atoms with E-state index < -0.39 is 0 Å². The Morgan fingerprint density at radius 3 is 2.79 bits per heavy atom. The van der Waals surface area contributed by atoms with Gasteiger partial charge in [-0.3, -0.25) is 4.79 Å². The number of hydrogen-bond acceptors (Lipinski definition) is 5. The fourth-order valence-corrected chi connectivity index (χ4v) is 3.50. The van der Waals surface area contributed by atoms with E-state index in [1.165, 1.54) is 19.3 Å². The molecule has 1 fully saturated rings. The van der Waals surface area contributed by atoms with E-state index in [-0.39, 0.29) is 11.7 Å². The van der Waals surface area contributed by atoms with Crippen molar-refractivity contribution >= 4 is 5.91 Å². The van der Waals surface area contributed by atoms with Crippen LogP contribution in [0.25, 0.3) is 17.3 Å². The molecule has 146 valence electrons. The lowest BCUT2D eigenvalue weighted by molar-refractivity contribution is 0.0936. The number of benzene rings is 1. The van der Waals surface area contributed by atoms with Crippen molar-refractivity contribution in [3.05, 3.63) is 54.0 Å². The molecule has 0 saturated carbocycles. The molecule has 1 aliphatic heterocycles. The number of carbonyl (C=O) groups is 1. The molecule has 0 unspecified atom stereocenters. The number of piperidine rings is 1. The number of carbonyl (C=O) groups excluding carboxylic acids is 1. The smallest absolute Gasteiger partial charge is 0.291 e. The number of nitrogens with one attached hydrogen (secondary N) is 1. The number of nitrogens with zero attached hydrogens (tertiary/aromatic N) is 4. The summed E-state index contributed by atoms with van der Waals surface area (Å²) in [5, 5.41) is 7.41. The molecule has 0 radical (unpaired) electrons. The second kappa shape index (κ2) is 8.39. The Labute approximate surface area is 164 Å². The van der Waals surface area contributed by atoms with Gasteiger partial charge >= 0.3 is 0 Å². The summed E-state index contributed by atoms with van der Waals surface area (Å²) in [6, 6.07) is 11.5. The molecule has 0 aliphatic carbocycles. The lowest BCUT2D eigenvalue weighted by Crippen LogP contribution is -2.37. The largest absolute Gasteiger partial charge is 0.461 e. The topological polar surface area (TPSA) is 76.2 Å². The first kappa shape index (κ1) is 18.4. The van der Waals surface area contributed by atoms with Crippen LogP contribution in [-0.4, -0.2) is 51.8 Å². The van der Waals surface area contributed by atoms with E-state index in [1.807, 2.05) is 37.3 Å². The molecule has 1 saturated heterocycles. The van der Waals surface area contributed by atoms with Gasteiger partial charge in [-0.25, -0.2) is 4.68 Å². The Morgan fingerprint density at radius 2 is 2.04 bits per heavy atom. The highest BCUT2D eigenvalue weighted by atomic mass is 16.3. The van der Waals surface area contributed by atoms with Crippen molar-refractivity contribution in [1.82, 2.24) is 25.0 Å². The van der Waals surface area contributed by atoms with Crippen LogP contribution in [0.5, 0.6) is 0 Å². The Kier molecular flexibility index (Phi) is 5.53. The monoisotopic (exact) mass is 379 g/mol.